The van der Waals surface area contributed by atoms with Crippen LogP contribution in [-0.2, 0) is 0 Å². The Hall–Kier alpha value is 0.347. The van der Waals surface area contributed by atoms with Crippen molar-refractivity contribution >= 4 is 21.4 Å². The molecule has 0 aliphatic heterocycles. The van der Waals surface area contributed by atoms with E-state index in [0.717, 1.165) is 19.3 Å². The largest absolute Gasteiger partial charge is 0.588 e. The minimum atomic E-state index is -4.22. The molecular weight excluding hydrogens is 402 g/mol. The number of hydrogen-bond acceptors (Lipinski definition) is 4. The van der Waals surface area contributed by atoms with Crippen molar-refractivity contribution in [3.05, 3.63) is 0 Å². The van der Waals surface area contributed by atoms with E-state index in [-0.39, 0.29) is 12.4 Å². The normalized spacial score (nSPS) is 13.3. The Morgan fingerprint density at radius 1 is 0.621 bits per heavy atom. The number of rotatable bonds is 20. The van der Waals surface area contributed by atoms with Gasteiger partial charge in [0.15, 0.2) is 0 Å². The third-order valence-corrected chi connectivity index (χ3v) is 7.03. The molecule has 29 heavy (non-hydrogen) atoms. The smallest absolute Gasteiger partial charge is 0.377 e. The fourth-order valence-corrected chi connectivity index (χ4v) is 5.40. The Morgan fingerprint density at radius 3 is 1.34 bits per heavy atom. The minimum absolute atomic E-state index is 0. The third kappa shape index (κ3) is 20.0. The minimum Gasteiger partial charge on any atom is -0.377 e. The van der Waals surface area contributed by atoms with Crippen molar-refractivity contribution in [1.82, 2.24) is 4.98 Å². The molecule has 0 aromatic rings. The van der Waals surface area contributed by atoms with Gasteiger partial charge in [-0.15, -0.1) is 12.4 Å². The molecule has 4 N–H and O–H groups in total. The number of halogens is 1. The Kier molecular flexibility index (Phi) is 20.7. The van der Waals surface area contributed by atoms with Gasteiger partial charge < -0.3 is 14.4 Å². The van der Waals surface area contributed by atoms with Gasteiger partial charge in [-0.05, 0) is 32.6 Å². The van der Waals surface area contributed by atoms with Crippen molar-refractivity contribution in [2.75, 3.05) is 0 Å². The standard InChI is InChI=1S/C23H51NO3Si.ClH/c1-5-7-8-9-10-11-12-13-14-15-16-17-18-19-21-22(20-6-2)23(3,4)24-28(25,26)27;/h22,24-27H,5-21H2,1-4H3;1H. The van der Waals surface area contributed by atoms with Gasteiger partial charge in [-0.25, -0.2) is 0 Å². The lowest BCUT2D eigenvalue weighted by Gasteiger charge is -2.37. The zero-order valence-corrected chi connectivity index (χ0v) is 21.7. The van der Waals surface area contributed by atoms with Crippen LogP contribution in [0.5, 0.6) is 0 Å². The van der Waals surface area contributed by atoms with Gasteiger partial charge in [0.1, 0.15) is 0 Å². The average molecular weight is 454 g/mol. The topological polar surface area (TPSA) is 72.7 Å². The van der Waals surface area contributed by atoms with E-state index in [4.69, 9.17) is 0 Å². The van der Waals surface area contributed by atoms with Gasteiger partial charge >= 0.3 is 8.97 Å². The third-order valence-electron chi connectivity index (χ3n) is 6.05. The molecule has 0 fully saturated rings. The number of hydrogen-bond donors (Lipinski definition) is 4. The highest BCUT2D eigenvalue weighted by Gasteiger charge is 2.39. The molecule has 1 atom stereocenters. The Balaban J connectivity index is 0. The Labute approximate surface area is 189 Å². The molecule has 0 amide bonds. The molecule has 0 saturated carbocycles. The molecule has 0 radical (unpaired) electrons. The molecule has 0 saturated heterocycles. The van der Waals surface area contributed by atoms with Crippen LogP contribution in [0.4, 0.5) is 0 Å². The first-order chi connectivity index (χ1) is 13.2. The van der Waals surface area contributed by atoms with Crippen LogP contribution in [0.15, 0.2) is 0 Å². The van der Waals surface area contributed by atoms with E-state index in [2.05, 4.69) is 18.8 Å². The van der Waals surface area contributed by atoms with Crippen LogP contribution in [-0.4, -0.2) is 28.9 Å². The predicted octanol–water partition coefficient (Wildman–Crippen LogP) is 6.48. The average Bonchev–Trinajstić information content (AvgIpc) is 2.59. The van der Waals surface area contributed by atoms with Gasteiger partial charge in [0.25, 0.3) is 0 Å². The van der Waals surface area contributed by atoms with E-state index in [1.807, 2.05) is 13.8 Å². The molecule has 0 rings (SSSR count). The van der Waals surface area contributed by atoms with Crippen LogP contribution >= 0.6 is 12.4 Å². The first kappa shape index (κ1) is 31.5. The van der Waals surface area contributed by atoms with Crippen molar-refractivity contribution in [2.45, 2.75) is 142 Å². The fourth-order valence-electron chi connectivity index (χ4n) is 4.33. The van der Waals surface area contributed by atoms with Crippen molar-refractivity contribution in [3.63, 3.8) is 0 Å². The lowest BCUT2D eigenvalue weighted by Crippen LogP contribution is -2.63. The van der Waals surface area contributed by atoms with Crippen LogP contribution in [0.25, 0.3) is 0 Å². The molecule has 0 aromatic carbocycles. The molecule has 1 unspecified atom stereocenters. The summed E-state index contributed by atoms with van der Waals surface area (Å²) in [6, 6.07) is 0. The van der Waals surface area contributed by atoms with Crippen LogP contribution in [0.1, 0.15) is 137 Å². The van der Waals surface area contributed by atoms with Crippen LogP contribution in [0.3, 0.4) is 0 Å². The monoisotopic (exact) mass is 453 g/mol. The molecule has 0 spiro atoms. The molecular formula is C23H52ClNO3Si. The highest BCUT2D eigenvalue weighted by atomic mass is 35.5. The van der Waals surface area contributed by atoms with Crippen molar-refractivity contribution in [2.24, 2.45) is 5.92 Å². The van der Waals surface area contributed by atoms with Gasteiger partial charge in [-0.2, -0.15) is 0 Å². The zero-order chi connectivity index (χ0) is 21.3. The SMILES string of the molecule is CCCCCCCCCCCCCCCCC(CCC)C(C)(C)N[Si](O)(O)O.Cl. The second-order valence-corrected chi connectivity index (χ2v) is 10.9. The Morgan fingerprint density at radius 2 is 1.00 bits per heavy atom. The highest BCUT2D eigenvalue weighted by molar-refractivity contribution is 6.53. The molecule has 0 bridgehead atoms. The lowest BCUT2D eigenvalue weighted by atomic mass is 9.81. The van der Waals surface area contributed by atoms with E-state index in [0.29, 0.717) is 5.92 Å². The van der Waals surface area contributed by atoms with Crippen LogP contribution in [0, 0.1) is 5.92 Å². The number of unbranched alkanes of at least 4 members (excludes halogenated alkanes) is 13. The van der Waals surface area contributed by atoms with Crippen molar-refractivity contribution in [1.29, 1.82) is 0 Å². The maximum Gasteiger partial charge on any atom is 0.588 e. The van der Waals surface area contributed by atoms with Gasteiger partial charge in [0.2, 0.25) is 0 Å². The summed E-state index contributed by atoms with van der Waals surface area (Å²) in [4.78, 5) is 30.9. The van der Waals surface area contributed by atoms with E-state index < -0.39 is 14.5 Å². The maximum atomic E-state index is 9.40. The van der Waals surface area contributed by atoms with E-state index in [9.17, 15) is 14.4 Å². The van der Waals surface area contributed by atoms with Gasteiger partial charge in [-0.1, -0.05) is 110 Å². The predicted molar refractivity (Wildman–Crippen MR) is 130 cm³/mol. The summed E-state index contributed by atoms with van der Waals surface area (Å²) >= 11 is 0. The van der Waals surface area contributed by atoms with Crippen LogP contribution in [0.2, 0.25) is 0 Å². The van der Waals surface area contributed by atoms with E-state index in [1.54, 1.807) is 0 Å². The summed E-state index contributed by atoms with van der Waals surface area (Å²) in [5.74, 6) is 0.355. The summed E-state index contributed by atoms with van der Waals surface area (Å²) in [7, 11) is -4.22. The molecule has 0 aliphatic rings. The van der Waals surface area contributed by atoms with Crippen LogP contribution < -0.4 is 4.98 Å². The zero-order valence-electron chi connectivity index (χ0n) is 19.8. The van der Waals surface area contributed by atoms with Gasteiger partial charge in [-0.3, -0.25) is 4.98 Å². The highest BCUT2D eigenvalue weighted by Crippen LogP contribution is 2.28. The second-order valence-electron chi connectivity index (χ2n) is 9.35. The molecule has 0 heterocycles. The van der Waals surface area contributed by atoms with E-state index >= 15 is 0 Å². The Bertz CT molecular complexity index is 352. The van der Waals surface area contributed by atoms with Gasteiger partial charge in [0, 0.05) is 5.54 Å². The van der Waals surface area contributed by atoms with Gasteiger partial charge in [0.05, 0.1) is 0 Å². The molecule has 4 nitrogen and oxygen atoms in total. The summed E-state index contributed by atoms with van der Waals surface area (Å²) < 4.78 is 0. The second kappa shape index (κ2) is 19.1. The fraction of sp³-hybridized carbons (Fsp3) is 1.00. The summed E-state index contributed by atoms with van der Waals surface area (Å²) in [5, 5.41) is 0. The first-order valence-electron chi connectivity index (χ1n) is 12.2. The molecule has 6 heteroatoms. The summed E-state index contributed by atoms with van der Waals surface area (Å²) in [6.45, 7) is 8.38. The molecule has 0 aliphatic carbocycles. The van der Waals surface area contributed by atoms with Crippen molar-refractivity contribution < 1.29 is 14.4 Å². The lowest BCUT2D eigenvalue weighted by molar-refractivity contribution is 0.155. The van der Waals surface area contributed by atoms with E-state index in [1.165, 1.54) is 89.9 Å². The molecule has 178 valence electrons. The van der Waals surface area contributed by atoms with Crippen molar-refractivity contribution in [3.8, 4) is 0 Å². The first-order valence-corrected chi connectivity index (χ1v) is 14.0. The quantitative estimate of drug-likeness (QED) is 0.126. The summed E-state index contributed by atoms with van der Waals surface area (Å²) in [6.07, 6.45) is 22.3. The number of nitrogens with one attached hydrogen (secondary N) is 1. The maximum absolute atomic E-state index is 9.40. The molecule has 0 aromatic heterocycles. The summed E-state index contributed by atoms with van der Waals surface area (Å²) in [5.41, 5.74) is -0.447.